The number of nitro groups is 1. The summed E-state index contributed by atoms with van der Waals surface area (Å²) in [4.78, 5) is 10.2. The number of hydrogen-bond acceptors (Lipinski definition) is 7. The second-order valence-electron chi connectivity index (χ2n) is 6.71. The van der Waals surface area contributed by atoms with Crippen molar-refractivity contribution in [2.24, 2.45) is 5.10 Å². The Morgan fingerprint density at radius 3 is 2.33 bits per heavy atom. The largest absolute Gasteiger partial charge is 0.497 e. The maximum absolute atomic E-state index is 13.1. The first-order valence-electron chi connectivity index (χ1n) is 9.32. The average Bonchev–Trinajstić information content (AvgIpc) is 2.79. The fourth-order valence-corrected chi connectivity index (χ4v) is 4.27. The average molecular weight is 509 g/mol. The van der Waals surface area contributed by atoms with Gasteiger partial charge in [0, 0.05) is 17.8 Å². The molecule has 0 saturated carbocycles. The van der Waals surface area contributed by atoms with Crippen LogP contribution in [0.1, 0.15) is 12.5 Å². The molecule has 0 aliphatic rings. The number of rotatable bonds is 8. The van der Waals surface area contributed by atoms with Crippen molar-refractivity contribution >= 4 is 56.0 Å². The van der Waals surface area contributed by atoms with E-state index in [2.05, 4.69) is 15.2 Å². The molecule has 0 aliphatic carbocycles. The van der Waals surface area contributed by atoms with Crippen LogP contribution in [-0.4, -0.2) is 26.2 Å². The summed E-state index contributed by atoms with van der Waals surface area (Å²) in [6.07, 6.45) is 0. The van der Waals surface area contributed by atoms with Gasteiger partial charge in [0.2, 0.25) is 0 Å². The number of hydrogen-bond donors (Lipinski definition) is 2. The quantitative estimate of drug-likeness (QED) is 0.233. The van der Waals surface area contributed by atoms with Gasteiger partial charge in [-0.2, -0.15) is 5.10 Å². The third kappa shape index (κ3) is 5.92. The summed E-state index contributed by atoms with van der Waals surface area (Å²) >= 11 is 12.0. The van der Waals surface area contributed by atoms with Gasteiger partial charge in [-0.3, -0.25) is 20.3 Å². The van der Waals surface area contributed by atoms with Crippen molar-refractivity contribution in [1.82, 2.24) is 0 Å². The van der Waals surface area contributed by atoms with E-state index in [1.54, 1.807) is 37.3 Å². The Labute approximate surface area is 200 Å². The van der Waals surface area contributed by atoms with Crippen LogP contribution in [0.3, 0.4) is 0 Å². The fraction of sp³-hybridized carbons (Fsp3) is 0.0952. The molecule has 3 aromatic rings. The topological polar surface area (TPSA) is 123 Å². The van der Waals surface area contributed by atoms with Gasteiger partial charge < -0.3 is 4.74 Å². The summed E-state index contributed by atoms with van der Waals surface area (Å²) in [6.45, 7) is 1.68. The predicted molar refractivity (Wildman–Crippen MR) is 129 cm³/mol. The molecule has 0 aromatic heterocycles. The molecule has 3 aromatic carbocycles. The van der Waals surface area contributed by atoms with E-state index in [9.17, 15) is 18.5 Å². The van der Waals surface area contributed by atoms with E-state index < -0.39 is 14.9 Å². The highest BCUT2D eigenvalue weighted by atomic mass is 35.5. The fourth-order valence-electron chi connectivity index (χ4n) is 2.74. The van der Waals surface area contributed by atoms with Gasteiger partial charge in [0.1, 0.15) is 10.6 Å². The van der Waals surface area contributed by atoms with Crippen LogP contribution in [0.4, 0.5) is 17.1 Å². The second-order valence-corrected chi connectivity index (χ2v) is 9.17. The van der Waals surface area contributed by atoms with Crippen LogP contribution in [0.5, 0.6) is 5.75 Å². The number of hydrazone groups is 1. The van der Waals surface area contributed by atoms with Crippen LogP contribution in [0.25, 0.3) is 0 Å². The molecule has 0 aliphatic heterocycles. The van der Waals surface area contributed by atoms with E-state index in [4.69, 9.17) is 27.9 Å². The highest BCUT2D eigenvalue weighted by molar-refractivity contribution is 7.92. The monoisotopic (exact) mass is 508 g/mol. The maximum Gasteiger partial charge on any atom is 0.270 e. The smallest absolute Gasteiger partial charge is 0.270 e. The summed E-state index contributed by atoms with van der Waals surface area (Å²) < 4.78 is 33.6. The lowest BCUT2D eigenvalue weighted by atomic mass is 10.1. The number of ether oxygens (including phenoxy) is 1. The normalized spacial score (nSPS) is 11.7. The zero-order chi connectivity index (χ0) is 24.2. The summed E-state index contributed by atoms with van der Waals surface area (Å²) in [6, 6.07) is 14.5. The lowest BCUT2D eigenvalue weighted by Gasteiger charge is -2.13. The number of nitrogens with one attached hydrogen (secondary N) is 2. The minimum absolute atomic E-state index is 0.0426. The molecule has 12 heteroatoms. The number of methoxy groups -OCH3 is 1. The minimum atomic E-state index is -4.21. The molecule has 0 saturated heterocycles. The summed E-state index contributed by atoms with van der Waals surface area (Å²) in [5.41, 5.74) is 3.72. The van der Waals surface area contributed by atoms with Crippen LogP contribution in [-0.2, 0) is 10.0 Å². The van der Waals surface area contributed by atoms with Gasteiger partial charge in [-0.25, -0.2) is 8.42 Å². The van der Waals surface area contributed by atoms with Crippen molar-refractivity contribution in [1.29, 1.82) is 0 Å². The van der Waals surface area contributed by atoms with E-state index in [1.165, 1.54) is 31.4 Å². The van der Waals surface area contributed by atoms with Crippen molar-refractivity contribution in [3.63, 3.8) is 0 Å². The Balaban J connectivity index is 1.96. The first-order valence-corrected chi connectivity index (χ1v) is 11.6. The number of sulfonamides is 1. The highest BCUT2D eigenvalue weighted by Gasteiger charge is 2.23. The van der Waals surface area contributed by atoms with Crippen LogP contribution in [0, 0.1) is 10.1 Å². The molecule has 0 heterocycles. The lowest BCUT2D eigenvalue weighted by Crippen LogP contribution is -2.15. The van der Waals surface area contributed by atoms with Gasteiger partial charge in [0.15, 0.2) is 0 Å². The lowest BCUT2D eigenvalue weighted by molar-refractivity contribution is -0.385. The Kier molecular flexibility index (Phi) is 7.42. The highest BCUT2D eigenvalue weighted by Crippen LogP contribution is 2.29. The van der Waals surface area contributed by atoms with E-state index in [0.29, 0.717) is 27.1 Å². The molecule has 0 fully saturated rings. The maximum atomic E-state index is 13.1. The first-order chi connectivity index (χ1) is 15.6. The number of non-ortho nitro benzene ring substituents is 1. The SMILES string of the molecule is COc1ccc(NS(=O)(=O)c2cc([N+](=O)[O-])ccc2N/N=C(\C)c2ccc(Cl)c(Cl)c2)cc1. The van der Waals surface area contributed by atoms with Crippen LogP contribution < -0.4 is 14.9 Å². The molecular weight excluding hydrogens is 491 g/mol. The van der Waals surface area contributed by atoms with Gasteiger partial charge in [0.25, 0.3) is 15.7 Å². The van der Waals surface area contributed by atoms with Crippen LogP contribution in [0.15, 0.2) is 70.7 Å². The Hall–Kier alpha value is -3.34. The summed E-state index contributed by atoms with van der Waals surface area (Å²) in [5.74, 6) is 0.544. The zero-order valence-electron chi connectivity index (χ0n) is 17.4. The number of nitrogens with zero attached hydrogens (tertiary/aromatic N) is 2. The van der Waals surface area contributed by atoms with Gasteiger partial charge >= 0.3 is 0 Å². The molecule has 9 nitrogen and oxygen atoms in total. The third-order valence-electron chi connectivity index (χ3n) is 4.49. The first kappa shape index (κ1) is 24.3. The van der Waals surface area contributed by atoms with Crippen LogP contribution >= 0.6 is 23.2 Å². The number of nitro benzene ring substituents is 1. The molecular formula is C21H18Cl2N4O5S. The molecule has 0 unspecified atom stereocenters. The van der Waals surface area contributed by atoms with Crippen molar-refractivity contribution in [2.45, 2.75) is 11.8 Å². The summed E-state index contributed by atoms with van der Waals surface area (Å²) in [7, 11) is -2.72. The van der Waals surface area contributed by atoms with E-state index in [0.717, 1.165) is 6.07 Å². The molecule has 3 rings (SSSR count). The molecule has 0 amide bonds. The molecule has 0 radical (unpaired) electrons. The summed E-state index contributed by atoms with van der Waals surface area (Å²) in [5, 5.41) is 16.2. The van der Waals surface area contributed by atoms with Crippen molar-refractivity contribution in [3.8, 4) is 5.75 Å². The molecule has 0 spiro atoms. The van der Waals surface area contributed by atoms with Gasteiger partial charge in [-0.05, 0) is 55.0 Å². The number of anilines is 2. The predicted octanol–water partition coefficient (Wildman–Crippen LogP) is 5.55. The standard InChI is InChI=1S/C21H18Cl2N4O5S/c1-13(14-3-9-18(22)19(23)11-14)24-25-20-10-6-16(27(28)29)12-21(20)33(30,31)26-15-4-7-17(32-2)8-5-15/h3-12,25-26H,1-2H3/b24-13+. The number of benzene rings is 3. The van der Waals surface area contributed by atoms with Crippen molar-refractivity contribution in [3.05, 3.63) is 86.4 Å². The van der Waals surface area contributed by atoms with Crippen molar-refractivity contribution in [2.75, 3.05) is 17.3 Å². The molecule has 2 N–H and O–H groups in total. The van der Waals surface area contributed by atoms with Gasteiger partial charge in [0.05, 0.1) is 33.5 Å². The molecule has 0 atom stereocenters. The number of halogens is 2. The third-order valence-corrected chi connectivity index (χ3v) is 6.65. The Morgan fingerprint density at radius 2 is 1.73 bits per heavy atom. The molecule has 172 valence electrons. The van der Waals surface area contributed by atoms with Gasteiger partial charge in [-0.1, -0.05) is 29.3 Å². The van der Waals surface area contributed by atoms with E-state index >= 15 is 0 Å². The minimum Gasteiger partial charge on any atom is -0.497 e. The Morgan fingerprint density at radius 1 is 1.03 bits per heavy atom. The van der Waals surface area contributed by atoms with Crippen molar-refractivity contribution < 1.29 is 18.1 Å². The van der Waals surface area contributed by atoms with E-state index in [1.807, 2.05) is 0 Å². The van der Waals surface area contributed by atoms with Crippen LogP contribution in [0.2, 0.25) is 10.0 Å². The Bertz CT molecular complexity index is 1330. The van der Waals surface area contributed by atoms with E-state index in [-0.39, 0.29) is 22.0 Å². The zero-order valence-corrected chi connectivity index (χ0v) is 19.7. The molecule has 33 heavy (non-hydrogen) atoms. The second kappa shape index (κ2) is 10.1. The van der Waals surface area contributed by atoms with Gasteiger partial charge in [-0.15, -0.1) is 0 Å². The molecule has 0 bridgehead atoms.